The SMILES string of the molecule is CN1CCN(c2cccc(NC(=O)N3CCN(C4CCNC4)CC3)c2)C1=O.Cl.Cl. The molecule has 0 spiro atoms. The van der Waals surface area contributed by atoms with Gasteiger partial charge in [-0.25, -0.2) is 9.59 Å². The van der Waals surface area contributed by atoms with Crippen molar-refractivity contribution in [3.05, 3.63) is 24.3 Å². The van der Waals surface area contributed by atoms with Crippen LogP contribution in [0, 0.1) is 0 Å². The number of benzene rings is 1. The fourth-order valence-corrected chi connectivity index (χ4v) is 4.08. The number of nitrogens with zero attached hydrogens (tertiary/aromatic N) is 4. The number of nitrogens with one attached hydrogen (secondary N) is 2. The number of hydrogen-bond donors (Lipinski definition) is 2. The zero-order chi connectivity index (χ0) is 18.8. The van der Waals surface area contributed by atoms with E-state index < -0.39 is 0 Å². The molecule has 3 aliphatic heterocycles. The number of rotatable bonds is 3. The zero-order valence-electron chi connectivity index (χ0n) is 16.7. The number of hydrogen-bond acceptors (Lipinski definition) is 4. The third-order valence-electron chi connectivity index (χ3n) is 5.78. The molecular formula is C19H30Cl2N6O2. The van der Waals surface area contributed by atoms with Crippen LogP contribution in [0.1, 0.15) is 6.42 Å². The number of carbonyl (C=O) groups is 2. The van der Waals surface area contributed by atoms with E-state index in [9.17, 15) is 9.59 Å². The van der Waals surface area contributed by atoms with Gasteiger partial charge in [0.25, 0.3) is 0 Å². The third-order valence-corrected chi connectivity index (χ3v) is 5.78. The lowest BCUT2D eigenvalue weighted by atomic mass is 10.2. The van der Waals surface area contributed by atoms with Crippen LogP contribution in [0.15, 0.2) is 24.3 Å². The van der Waals surface area contributed by atoms with Gasteiger partial charge in [-0.3, -0.25) is 9.80 Å². The summed E-state index contributed by atoms with van der Waals surface area (Å²) < 4.78 is 0. The number of likely N-dealkylation sites (N-methyl/N-ethyl adjacent to an activating group) is 1. The summed E-state index contributed by atoms with van der Waals surface area (Å²) >= 11 is 0. The second kappa shape index (κ2) is 10.3. The van der Waals surface area contributed by atoms with Gasteiger partial charge in [0.1, 0.15) is 0 Å². The summed E-state index contributed by atoms with van der Waals surface area (Å²) in [5.41, 5.74) is 1.54. The highest BCUT2D eigenvalue weighted by Gasteiger charge is 2.29. The highest BCUT2D eigenvalue weighted by Crippen LogP contribution is 2.23. The van der Waals surface area contributed by atoms with Crippen molar-refractivity contribution in [2.24, 2.45) is 0 Å². The van der Waals surface area contributed by atoms with Crippen molar-refractivity contribution in [2.75, 3.05) is 69.6 Å². The van der Waals surface area contributed by atoms with Gasteiger partial charge in [0.2, 0.25) is 0 Å². The van der Waals surface area contributed by atoms with Crippen LogP contribution in [0.4, 0.5) is 21.0 Å². The molecule has 0 saturated carbocycles. The Bertz CT molecular complexity index is 708. The van der Waals surface area contributed by atoms with Gasteiger partial charge in [0.15, 0.2) is 0 Å². The number of urea groups is 2. The predicted molar refractivity (Wildman–Crippen MR) is 120 cm³/mol. The van der Waals surface area contributed by atoms with Crippen molar-refractivity contribution in [3.63, 3.8) is 0 Å². The molecule has 4 amide bonds. The number of carbonyl (C=O) groups excluding carboxylic acids is 2. The molecule has 3 heterocycles. The first kappa shape index (κ1) is 23.5. The minimum Gasteiger partial charge on any atom is -0.326 e. The van der Waals surface area contributed by atoms with Gasteiger partial charge in [-0.1, -0.05) is 6.07 Å². The molecule has 3 fully saturated rings. The van der Waals surface area contributed by atoms with Gasteiger partial charge >= 0.3 is 12.1 Å². The fourth-order valence-electron chi connectivity index (χ4n) is 4.08. The van der Waals surface area contributed by atoms with Crippen molar-refractivity contribution >= 4 is 48.3 Å². The van der Waals surface area contributed by atoms with Crippen molar-refractivity contribution < 1.29 is 9.59 Å². The first-order chi connectivity index (χ1) is 13.1. The molecule has 4 rings (SSSR count). The zero-order valence-corrected chi connectivity index (χ0v) is 18.3. The van der Waals surface area contributed by atoms with E-state index in [1.807, 2.05) is 29.2 Å². The summed E-state index contributed by atoms with van der Waals surface area (Å²) in [5.74, 6) is 0. The van der Waals surface area contributed by atoms with Crippen LogP contribution >= 0.6 is 24.8 Å². The Morgan fingerprint density at radius 1 is 1.10 bits per heavy atom. The monoisotopic (exact) mass is 444 g/mol. The summed E-state index contributed by atoms with van der Waals surface area (Å²) in [6.45, 7) is 6.89. The molecule has 1 aromatic rings. The summed E-state index contributed by atoms with van der Waals surface area (Å²) in [4.78, 5) is 32.6. The van der Waals surface area contributed by atoms with Crippen molar-refractivity contribution in [3.8, 4) is 0 Å². The molecule has 162 valence electrons. The van der Waals surface area contributed by atoms with E-state index >= 15 is 0 Å². The molecule has 8 nitrogen and oxygen atoms in total. The minimum atomic E-state index is -0.0683. The molecule has 29 heavy (non-hydrogen) atoms. The standard InChI is InChI=1S/C19H28N6O2.2ClH/c1-22-7-12-25(19(22)27)16-4-2-3-15(13-16)21-18(26)24-10-8-23(9-11-24)17-5-6-20-14-17;;/h2-4,13,17,20H,5-12,14H2,1H3,(H,21,26);2*1H. The Labute approximate surface area is 184 Å². The Morgan fingerprint density at radius 2 is 1.86 bits per heavy atom. The molecule has 0 aromatic heterocycles. The maximum atomic E-state index is 12.6. The molecule has 3 aliphatic rings. The summed E-state index contributed by atoms with van der Waals surface area (Å²) in [7, 11) is 1.80. The van der Waals surface area contributed by atoms with E-state index in [0.717, 1.165) is 57.2 Å². The van der Waals surface area contributed by atoms with Crippen LogP contribution in [0.5, 0.6) is 0 Å². The number of amides is 4. The normalized spacial score (nSPS) is 22.3. The van der Waals surface area contributed by atoms with Gasteiger partial charge < -0.3 is 20.4 Å². The van der Waals surface area contributed by atoms with Crippen molar-refractivity contribution in [1.82, 2.24) is 20.0 Å². The van der Waals surface area contributed by atoms with E-state index in [4.69, 9.17) is 0 Å². The van der Waals surface area contributed by atoms with E-state index in [1.165, 1.54) is 6.42 Å². The quantitative estimate of drug-likeness (QED) is 0.746. The Balaban J connectivity index is 0.00000150. The maximum absolute atomic E-state index is 12.6. The first-order valence-electron chi connectivity index (χ1n) is 9.75. The predicted octanol–water partition coefficient (Wildman–Crippen LogP) is 1.91. The number of anilines is 2. The second-order valence-corrected chi connectivity index (χ2v) is 7.51. The average molecular weight is 445 g/mol. The molecular weight excluding hydrogens is 415 g/mol. The molecule has 0 radical (unpaired) electrons. The maximum Gasteiger partial charge on any atom is 0.324 e. The lowest BCUT2D eigenvalue weighted by Gasteiger charge is -2.37. The van der Waals surface area contributed by atoms with Crippen molar-refractivity contribution in [1.29, 1.82) is 0 Å². The van der Waals surface area contributed by atoms with Crippen LogP contribution < -0.4 is 15.5 Å². The van der Waals surface area contributed by atoms with Crippen LogP contribution in [-0.2, 0) is 0 Å². The lowest BCUT2D eigenvalue weighted by molar-refractivity contribution is 0.119. The highest BCUT2D eigenvalue weighted by atomic mass is 35.5. The number of halogens is 2. The average Bonchev–Trinajstić information content (AvgIpc) is 3.33. The smallest absolute Gasteiger partial charge is 0.324 e. The van der Waals surface area contributed by atoms with E-state index in [1.54, 1.807) is 16.8 Å². The van der Waals surface area contributed by atoms with E-state index in [-0.39, 0.29) is 36.9 Å². The summed E-state index contributed by atoms with van der Waals surface area (Å²) in [6, 6.07) is 8.06. The molecule has 2 N–H and O–H groups in total. The van der Waals surface area contributed by atoms with Crippen LogP contribution in [0.3, 0.4) is 0 Å². The molecule has 3 saturated heterocycles. The van der Waals surface area contributed by atoms with E-state index in [2.05, 4.69) is 15.5 Å². The molecule has 1 unspecified atom stereocenters. The Kier molecular flexibility index (Phi) is 8.39. The van der Waals surface area contributed by atoms with Gasteiger partial charge in [0, 0.05) is 70.3 Å². The van der Waals surface area contributed by atoms with Crippen LogP contribution in [0.2, 0.25) is 0 Å². The van der Waals surface area contributed by atoms with Gasteiger partial charge in [0.05, 0.1) is 0 Å². The largest absolute Gasteiger partial charge is 0.326 e. The van der Waals surface area contributed by atoms with Gasteiger partial charge in [-0.05, 0) is 31.2 Å². The van der Waals surface area contributed by atoms with Gasteiger partial charge in [-0.2, -0.15) is 0 Å². The molecule has 1 atom stereocenters. The molecule has 1 aromatic carbocycles. The molecule has 0 aliphatic carbocycles. The second-order valence-electron chi connectivity index (χ2n) is 7.51. The minimum absolute atomic E-state index is 0. The first-order valence-corrected chi connectivity index (χ1v) is 9.75. The third kappa shape index (κ3) is 5.25. The summed E-state index contributed by atoms with van der Waals surface area (Å²) in [6.07, 6.45) is 1.20. The van der Waals surface area contributed by atoms with E-state index in [0.29, 0.717) is 12.6 Å². The summed E-state index contributed by atoms with van der Waals surface area (Å²) in [5, 5.41) is 6.40. The Hall–Kier alpha value is -1.74. The lowest BCUT2D eigenvalue weighted by Crippen LogP contribution is -2.53. The number of piperazine rings is 1. The molecule has 0 bridgehead atoms. The van der Waals surface area contributed by atoms with Gasteiger partial charge in [-0.15, -0.1) is 24.8 Å². The fraction of sp³-hybridized carbons (Fsp3) is 0.579. The van der Waals surface area contributed by atoms with Crippen molar-refractivity contribution in [2.45, 2.75) is 12.5 Å². The Morgan fingerprint density at radius 3 is 2.48 bits per heavy atom. The topological polar surface area (TPSA) is 71.2 Å². The van der Waals surface area contributed by atoms with Crippen LogP contribution in [-0.4, -0.2) is 92.2 Å². The molecule has 10 heteroatoms. The highest BCUT2D eigenvalue weighted by molar-refractivity contribution is 5.95. The van der Waals surface area contributed by atoms with Crippen LogP contribution in [0.25, 0.3) is 0 Å².